The Balaban J connectivity index is 1.28. The van der Waals surface area contributed by atoms with Crippen LogP contribution in [0.4, 0.5) is 0 Å². The summed E-state index contributed by atoms with van der Waals surface area (Å²) < 4.78 is 11.0. The Morgan fingerprint density at radius 2 is 2.08 bits per heavy atom. The number of hydrogen-bond donors (Lipinski definition) is 0. The summed E-state index contributed by atoms with van der Waals surface area (Å²) in [5.41, 5.74) is 0. The van der Waals surface area contributed by atoms with Crippen molar-refractivity contribution in [3.05, 3.63) is 42.0 Å². The van der Waals surface area contributed by atoms with E-state index in [0.717, 1.165) is 43.9 Å². The Bertz CT molecular complexity index is 712. The smallest absolute Gasteiger partial charge is 0.260 e. The van der Waals surface area contributed by atoms with E-state index in [1.165, 1.54) is 12.8 Å². The largest absolute Gasteiger partial charge is 0.484 e. The van der Waals surface area contributed by atoms with E-state index >= 15 is 0 Å². The Kier molecular flexibility index (Phi) is 4.68. The average Bonchev–Trinajstić information content (AvgIpc) is 3.40. The van der Waals surface area contributed by atoms with Crippen LogP contribution in [0.5, 0.6) is 5.75 Å². The minimum absolute atomic E-state index is 0.0396. The molecule has 0 N–H and O–H groups in total. The molecule has 25 heavy (non-hydrogen) atoms. The molecule has 0 radical (unpaired) electrons. The lowest BCUT2D eigenvalue weighted by atomic mass is 9.95. The molecule has 0 spiro atoms. The number of nitrogens with zero attached hydrogens (tertiary/aromatic N) is 3. The summed E-state index contributed by atoms with van der Waals surface area (Å²) in [5, 5.41) is 4.07. The van der Waals surface area contributed by atoms with E-state index in [2.05, 4.69) is 10.1 Å². The molecule has 6 nitrogen and oxygen atoms in total. The summed E-state index contributed by atoms with van der Waals surface area (Å²) in [7, 11) is 0. The summed E-state index contributed by atoms with van der Waals surface area (Å²) in [6, 6.07) is 9.45. The van der Waals surface area contributed by atoms with Gasteiger partial charge < -0.3 is 14.2 Å². The van der Waals surface area contributed by atoms with Crippen molar-refractivity contribution in [3.8, 4) is 5.75 Å². The van der Waals surface area contributed by atoms with Crippen molar-refractivity contribution >= 4 is 5.91 Å². The van der Waals surface area contributed by atoms with Crippen LogP contribution in [-0.2, 0) is 11.2 Å². The van der Waals surface area contributed by atoms with Gasteiger partial charge in [-0.2, -0.15) is 4.98 Å². The number of para-hydroxylation sites is 1. The van der Waals surface area contributed by atoms with Crippen molar-refractivity contribution in [3.63, 3.8) is 0 Å². The van der Waals surface area contributed by atoms with Crippen molar-refractivity contribution in [2.45, 2.75) is 38.0 Å². The number of amides is 1. The highest BCUT2D eigenvalue weighted by atomic mass is 16.5. The van der Waals surface area contributed by atoms with Gasteiger partial charge in [-0.05, 0) is 43.7 Å². The number of aromatic nitrogens is 2. The normalized spacial score (nSPS) is 20.5. The first-order valence-electron chi connectivity index (χ1n) is 9.06. The summed E-state index contributed by atoms with van der Waals surface area (Å²) >= 11 is 0. The van der Waals surface area contributed by atoms with E-state index in [4.69, 9.17) is 9.26 Å². The van der Waals surface area contributed by atoms with Crippen LogP contribution >= 0.6 is 0 Å². The van der Waals surface area contributed by atoms with Gasteiger partial charge in [0, 0.05) is 25.4 Å². The van der Waals surface area contributed by atoms with Crippen molar-refractivity contribution < 1.29 is 14.1 Å². The van der Waals surface area contributed by atoms with Crippen LogP contribution in [0.15, 0.2) is 34.9 Å². The number of likely N-dealkylation sites (tertiary alicyclic amines) is 1. The number of rotatable bonds is 6. The highest BCUT2D eigenvalue weighted by Crippen LogP contribution is 2.38. The zero-order chi connectivity index (χ0) is 17.1. The summed E-state index contributed by atoms with van der Waals surface area (Å²) in [5.74, 6) is 3.22. The third-order valence-electron chi connectivity index (χ3n) is 4.87. The molecule has 1 amide bonds. The van der Waals surface area contributed by atoms with Crippen molar-refractivity contribution in [1.82, 2.24) is 15.0 Å². The Morgan fingerprint density at radius 3 is 2.88 bits per heavy atom. The van der Waals surface area contributed by atoms with E-state index < -0.39 is 0 Å². The van der Waals surface area contributed by atoms with Crippen LogP contribution < -0.4 is 4.74 Å². The van der Waals surface area contributed by atoms with Gasteiger partial charge in [0.05, 0.1) is 0 Å². The molecule has 2 aliphatic rings. The molecule has 2 fully saturated rings. The highest BCUT2D eigenvalue weighted by molar-refractivity contribution is 5.77. The van der Waals surface area contributed by atoms with Gasteiger partial charge in [-0.25, -0.2) is 0 Å². The molecule has 6 heteroatoms. The topological polar surface area (TPSA) is 68.5 Å². The van der Waals surface area contributed by atoms with E-state index in [1.54, 1.807) is 0 Å². The van der Waals surface area contributed by atoms with Crippen LogP contribution in [0.25, 0.3) is 0 Å². The molecule has 0 bridgehead atoms. The van der Waals surface area contributed by atoms with Gasteiger partial charge >= 0.3 is 0 Å². The molecular formula is C19H23N3O3. The molecule has 1 aromatic carbocycles. The monoisotopic (exact) mass is 341 g/mol. The van der Waals surface area contributed by atoms with Crippen LogP contribution in [0, 0.1) is 5.92 Å². The Labute approximate surface area is 147 Å². The van der Waals surface area contributed by atoms with E-state index in [1.807, 2.05) is 35.2 Å². The van der Waals surface area contributed by atoms with Gasteiger partial charge in [-0.1, -0.05) is 23.4 Å². The fourth-order valence-corrected chi connectivity index (χ4v) is 3.32. The second-order valence-corrected chi connectivity index (χ2v) is 6.97. The molecule has 4 rings (SSSR count). The minimum atomic E-state index is 0.0396. The SMILES string of the molecule is O=C(COc1ccccc1)N1CCCC(Cc2nc(C3CC3)no2)C1. The molecule has 1 saturated carbocycles. The lowest BCUT2D eigenvalue weighted by Gasteiger charge is -2.32. The Morgan fingerprint density at radius 1 is 1.24 bits per heavy atom. The summed E-state index contributed by atoms with van der Waals surface area (Å²) in [6.07, 6.45) is 5.19. The van der Waals surface area contributed by atoms with Gasteiger partial charge in [-0.3, -0.25) is 4.79 Å². The lowest BCUT2D eigenvalue weighted by Crippen LogP contribution is -2.42. The van der Waals surface area contributed by atoms with Gasteiger partial charge in [0.15, 0.2) is 12.4 Å². The molecule has 132 valence electrons. The fourth-order valence-electron chi connectivity index (χ4n) is 3.32. The fraction of sp³-hybridized carbons (Fsp3) is 0.526. The molecule has 2 aromatic rings. The van der Waals surface area contributed by atoms with Crippen molar-refractivity contribution in [2.24, 2.45) is 5.92 Å². The molecule has 1 aliphatic carbocycles. The molecule has 1 aliphatic heterocycles. The lowest BCUT2D eigenvalue weighted by molar-refractivity contribution is -0.135. The van der Waals surface area contributed by atoms with E-state index in [9.17, 15) is 4.79 Å². The maximum absolute atomic E-state index is 12.4. The van der Waals surface area contributed by atoms with Crippen LogP contribution in [-0.4, -0.2) is 40.6 Å². The molecule has 2 heterocycles. The maximum Gasteiger partial charge on any atom is 0.260 e. The first kappa shape index (κ1) is 16.1. The second-order valence-electron chi connectivity index (χ2n) is 6.97. The van der Waals surface area contributed by atoms with Crippen molar-refractivity contribution in [1.29, 1.82) is 0 Å². The molecule has 1 saturated heterocycles. The molecule has 1 atom stereocenters. The van der Waals surface area contributed by atoms with Crippen LogP contribution in [0.2, 0.25) is 0 Å². The third kappa shape index (κ3) is 4.18. The molecular weight excluding hydrogens is 318 g/mol. The van der Waals surface area contributed by atoms with Gasteiger partial charge in [0.25, 0.3) is 5.91 Å². The maximum atomic E-state index is 12.4. The predicted octanol–water partition coefficient (Wildman–Crippen LogP) is 2.81. The number of ether oxygens (including phenoxy) is 1. The third-order valence-corrected chi connectivity index (χ3v) is 4.87. The zero-order valence-corrected chi connectivity index (χ0v) is 14.3. The minimum Gasteiger partial charge on any atom is -0.484 e. The quantitative estimate of drug-likeness (QED) is 0.808. The second kappa shape index (κ2) is 7.25. The van der Waals surface area contributed by atoms with E-state index in [0.29, 0.717) is 17.7 Å². The standard InChI is InChI=1S/C19H23N3O3/c23-18(13-24-16-6-2-1-3-7-16)22-10-4-5-14(12-22)11-17-20-19(21-25-17)15-8-9-15/h1-3,6-7,14-15H,4-5,8-13H2. The van der Waals surface area contributed by atoms with E-state index in [-0.39, 0.29) is 12.5 Å². The number of piperidine rings is 1. The van der Waals surface area contributed by atoms with Gasteiger partial charge in [0.1, 0.15) is 5.75 Å². The first-order chi connectivity index (χ1) is 12.3. The van der Waals surface area contributed by atoms with Crippen LogP contribution in [0.1, 0.15) is 43.3 Å². The van der Waals surface area contributed by atoms with Gasteiger partial charge in [0.2, 0.25) is 5.89 Å². The van der Waals surface area contributed by atoms with Crippen molar-refractivity contribution in [2.75, 3.05) is 19.7 Å². The first-order valence-corrected chi connectivity index (χ1v) is 9.06. The molecule has 1 unspecified atom stereocenters. The molecule has 1 aromatic heterocycles. The summed E-state index contributed by atoms with van der Waals surface area (Å²) in [4.78, 5) is 18.8. The average molecular weight is 341 g/mol. The van der Waals surface area contributed by atoms with Crippen LogP contribution in [0.3, 0.4) is 0 Å². The van der Waals surface area contributed by atoms with Gasteiger partial charge in [-0.15, -0.1) is 0 Å². The highest BCUT2D eigenvalue weighted by Gasteiger charge is 2.30. The number of carbonyl (C=O) groups excluding carboxylic acids is 1. The predicted molar refractivity (Wildman–Crippen MR) is 91.2 cm³/mol. The Hall–Kier alpha value is -2.37. The summed E-state index contributed by atoms with van der Waals surface area (Å²) in [6.45, 7) is 1.62. The number of carbonyl (C=O) groups is 1. The number of benzene rings is 1. The zero-order valence-electron chi connectivity index (χ0n) is 14.3. The number of hydrogen-bond acceptors (Lipinski definition) is 5.